The van der Waals surface area contributed by atoms with Gasteiger partial charge in [-0.05, 0) is 18.6 Å². The van der Waals surface area contributed by atoms with E-state index in [4.69, 9.17) is 11.6 Å². The van der Waals surface area contributed by atoms with Crippen LogP contribution in [-0.4, -0.2) is 40.2 Å². The van der Waals surface area contributed by atoms with Crippen molar-refractivity contribution < 1.29 is 30.8 Å². The Morgan fingerprint density at radius 2 is 1.84 bits per heavy atom. The second-order valence-electron chi connectivity index (χ2n) is 6.50. The first kappa shape index (κ1) is 22.8. The van der Waals surface area contributed by atoms with Crippen LogP contribution in [0, 0.1) is 5.82 Å². The van der Waals surface area contributed by atoms with Gasteiger partial charge in [0.15, 0.2) is 0 Å². The third-order valence-corrected chi connectivity index (χ3v) is 6.59. The van der Waals surface area contributed by atoms with Gasteiger partial charge in [0, 0.05) is 19.7 Å². The summed E-state index contributed by atoms with van der Waals surface area (Å²) in [5.74, 6) is -1.49. The summed E-state index contributed by atoms with van der Waals surface area (Å²) in [6, 6.07) is 0.373. The lowest BCUT2D eigenvalue weighted by molar-refractivity contribution is -0.144. The highest BCUT2D eigenvalue weighted by Gasteiger charge is 2.36. The number of carbonyl (C=O) groups excluding carboxylic acids is 1. The number of anilines is 1. The lowest BCUT2D eigenvalue weighted by atomic mass is 10.2. The second kappa shape index (κ2) is 7.67. The first-order valence-corrected chi connectivity index (χ1v) is 10.4. The number of urea groups is 1. The van der Waals surface area contributed by atoms with E-state index in [1.54, 1.807) is 0 Å². The van der Waals surface area contributed by atoms with Crippen LogP contribution in [0.3, 0.4) is 0 Å². The molecule has 0 aliphatic carbocycles. The Kier molecular flexibility index (Phi) is 5.65. The SMILES string of the molecule is Cn1c(C(F)(F)F)cc(=O)n(-c2cc(NC(=O)N3CCCS3(=O)=O)c(Cl)cc2F)c1=O. The molecule has 1 aliphatic heterocycles. The third kappa shape index (κ3) is 4.17. The first-order chi connectivity index (χ1) is 14.2. The molecule has 0 saturated carbocycles. The van der Waals surface area contributed by atoms with Crippen LogP contribution < -0.4 is 16.6 Å². The molecule has 0 unspecified atom stereocenters. The summed E-state index contributed by atoms with van der Waals surface area (Å²) in [6.45, 7) is -0.0985. The first-order valence-electron chi connectivity index (χ1n) is 8.45. The highest BCUT2D eigenvalue weighted by atomic mass is 35.5. The van der Waals surface area contributed by atoms with Gasteiger partial charge in [-0.15, -0.1) is 0 Å². The molecule has 2 aromatic rings. The normalized spacial score (nSPS) is 15.9. The Morgan fingerprint density at radius 1 is 1.19 bits per heavy atom. The average molecular weight is 485 g/mol. The highest BCUT2D eigenvalue weighted by molar-refractivity contribution is 7.89. The molecule has 1 saturated heterocycles. The maximum absolute atomic E-state index is 14.5. The topological polar surface area (TPSA) is 110 Å². The van der Waals surface area contributed by atoms with Crippen LogP contribution >= 0.6 is 11.6 Å². The fourth-order valence-electron chi connectivity index (χ4n) is 2.97. The van der Waals surface area contributed by atoms with Crippen molar-refractivity contribution >= 4 is 33.3 Å². The number of benzene rings is 1. The summed E-state index contributed by atoms with van der Waals surface area (Å²) in [5.41, 5.74) is -5.67. The van der Waals surface area contributed by atoms with E-state index in [2.05, 4.69) is 5.32 Å². The maximum atomic E-state index is 14.5. The van der Waals surface area contributed by atoms with Gasteiger partial charge in [-0.1, -0.05) is 11.6 Å². The van der Waals surface area contributed by atoms with Crippen LogP contribution in [0.15, 0.2) is 27.8 Å². The third-order valence-electron chi connectivity index (χ3n) is 4.46. The van der Waals surface area contributed by atoms with Crippen molar-refractivity contribution in [2.45, 2.75) is 12.6 Å². The zero-order valence-electron chi connectivity index (χ0n) is 15.5. The Morgan fingerprint density at radius 3 is 2.39 bits per heavy atom. The molecule has 1 fully saturated rings. The van der Waals surface area contributed by atoms with Gasteiger partial charge < -0.3 is 5.32 Å². The zero-order chi connectivity index (χ0) is 23.3. The van der Waals surface area contributed by atoms with Gasteiger partial charge in [-0.25, -0.2) is 31.3 Å². The zero-order valence-corrected chi connectivity index (χ0v) is 17.1. The number of rotatable bonds is 2. The molecule has 15 heteroatoms. The minimum absolute atomic E-state index is 0.0985. The Hall–Kier alpha value is -2.87. The standard InChI is InChI=1S/C16H13ClF4N4O5S/c1-23-12(16(19,20)21)7-13(26)25(15(23)28)11-6-10(8(17)5-9(11)18)22-14(27)24-3-2-4-31(24,29)30/h5-7H,2-4H2,1H3,(H,22,27). The molecule has 1 aliphatic rings. The molecule has 0 radical (unpaired) electrons. The second-order valence-corrected chi connectivity index (χ2v) is 8.92. The molecular weight excluding hydrogens is 472 g/mol. The van der Waals surface area contributed by atoms with E-state index in [9.17, 15) is 40.4 Å². The van der Waals surface area contributed by atoms with Gasteiger partial charge in [0.1, 0.15) is 11.5 Å². The smallest absolute Gasteiger partial charge is 0.305 e. The van der Waals surface area contributed by atoms with Gasteiger partial charge in [0.05, 0.1) is 22.2 Å². The van der Waals surface area contributed by atoms with Crippen molar-refractivity contribution in [3.05, 3.63) is 55.6 Å². The number of hydrogen-bond acceptors (Lipinski definition) is 5. The Bertz CT molecular complexity index is 1300. The van der Waals surface area contributed by atoms with Crippen LogP contribution in [0.5, 0.6) is 0 Å². The number of halogens is 5. The molecule has 0 atom stereocenters. The number of nitrogens with one attached hydrogen (secondary N) is 1. The summed E-state index contributed by atoms with van der Waals surface area (Å²) < 4.78 is 77.9. The number of nitrogens with zero attached hydrogens (tertiary/aromatic N) is 3. The highest BCUT2D eigenvalue weighted by Crippen LogP contribution is 2.29. The molecule has 1 aromatic heterocycles. The summed E-state index contributed by atoms with van der Waals surface area (Å²) in [5, 5.41) is 1.74. The van der Waals surface area contributed by atoms with Crippen molar-refractivity contribution in [2.75, 3.05) is 17.6 Å². The maximum Gasteiger partial charge on any atom is 0.431 e. The monoisotopic (exact) mass is 484 g/mol. The average Bonchev–Trinajstić information content (AvgIpc) is 3.00. The fourth-order valence-corrected chi connectivity index (χ4v) is 4.59. The number of amides is 2. The van der Waals surface area contributed by atoms with E-state index in [1.165, 1.54) is 0 Å². The molecule has 31 heavy (non-hydrogen) atoms. The number of aromatic nitrogens is 2. The lowest BCUT2D eigenvalue weighted by Gasteiger charge is -2.18. The van der Waals surface area contributed by atoms with E-state index in [-0.39, 0.29) is 39.6 Å². The van der Waals surface area contributed by atoms with Crippen molar-refractivity contribution in [3.63, 3.8) is 0 Å². The van der Waals surface area contributed by atoms with Crippen molar-refractivity contribution in [1.82, 2.24) is 13.4 Å². The molecule has 2 amide bonds. The molecule has 9 nitrogen and oxygen atoms in total. The van der Waals surface area contributed by atoms with Crippen LogP contribution in [0.2, 0.25) is 5.02 Å². The molecule has 3 rings (SSSR count). The van der Waals surface area contributed by atoms with E-state index in [0.29, 0.717) is 10.4 Å². The molecule has 168 valence electrons. The molecular formula is C16H13ClF4N4O5S. The minimum Gasteiger partial charge on any atom is -0.305 e. The molecule has 0 spiro atoms. The van der Waals surface area contributed by atoms with Crippen LogP contribution in [-0.2, 0) is 23.2 Å². The molecule has 1 aromatic carbocycles. The summed E-state index contributed by atoms with van der Waals surface area (Å²) >= 11 is 5.86. The fraction of sp³-hybridized carbons (Fsp3) is 0.312. The number of carbonyl (C=O) groups is 1. The van der Waals surface area contributed by atoms with Crippen LogP contribution in [0.4, 0.5) is 28.0 Å². The summed E-state index contributed by atoms with van der Waals surface area (Å²) in [7, 11) is -3.09. The quantitative estimate of drug-likeness (QED) is 0.655. The van der Waals surface area contributed by atoms with E-state index < -0.39 is 55.7 Å². The largest absolute Gasteiger partial charge is 0.431 e. The number of hydrogen-bond donors (Lipinski definition) is 1. The van der Waals surface area contributed by atoms with Gasteiger partial charge in [0.25, 0.3) is 5.56 Å². The van der Waals surface area contributed by atoms with E-state index in [0.717, 1.165) is 13.1 Å². The van der Waals surface area contributed by atoms with E-state index >= 15 is 0 Å². The van der Waals surface area contributed by atoms with E-state index in [1.807, 2.05) is 0 Å². The van der Waals surface area contributed by atoms with Gasteiger partial charge in [-0.3, -0.25) is 9.36 Å². The van der Waals surface area contributed by atoms with Crippen LogP contribution in [0.25, 0.3) is 5.69 Å². The predicted octanol–water partition coefficient (Wildman–Crippen LogP) is 1.91. The molecule has 1 N–H and O–H groups in total. The Balaban J connectivity index is 2.11. The number of sulfonamides is 1. The molecule has 2 heterocycles. The number of alkyl halides is 3. The molecule has 0 bridgehead atoms. The Labute approximate surface area is 176 Å². The minimum atomic E-state index is -5.01. The van der Waals surface area contributed by atoms with Crippen LogP contribution in [0.1, 0.15) is 12.1 Å². The van der Waals surface area contributed by atoms with Gasteiger partial charge in [-0.2, -0.15) is 13.2 Å². The van der Waals surface area contributed by atoms with Crippen molar-refractivity contribution in [3.8, 4) is 5.69 Å². The lowest BCUT2D eigenvalue weighted by Crippen LogP contribution is -2.41. The summed E-state index contributed by atoms with van der Waals surface area (Å²) in [6.07, 6.45) is -4.81. The summed E-state index contributed by atoms with van der Waals surface area (Å²) in [4.78, 5) is 36.9. The van der Waals surface area contributed by atoms with Crippen molar-refractivity contribution in [2.24, 2.45) is 7.05 Å². The van der Waals surface area contributed by atoms with Gasteiger partial charge >= 0.3 is 17.9 Å². The predicted molar refractivity (Wildman–Crippen MR) is 101 cm³/mol. The van der Waals surface area contributed by atoms with Gasteiger partial charge in [0.2, 0.25) is 10.0 Å². The van der Waals surface area contributed by atoms with Crippen molar-refractivity contribution in [1.29, 1.82) is 0 Å².